The van der Waals surface area contributed by atoms with Crippen molar-refractivity contribution in [3.8, 4) is 0 Å². The van der Waals surface area contributed by atoms with Gasteiger partial charge in [0.05, 0.1) is 16.9 Å². The zero-order chi connectivity index (χ0) is 13.8. The number of nitrogens with two attached hydrogens (primary N) is 1. The van der Waals surface area contributed by atoms with Gasteiger partial charge >= 0.3 is 0 Å². The van der Waals surface area contributed by atoms with E-state index in [4.69, 9.17) is 18.0 Å². The van der Waals surface area contributed by atoms with Gasteiger partial charge in [-0.25, -0.2) is 4.98 Å². The first-order chi connectivity index (χ1) is 9.06. The second-order valence-corrected chi connectivity index (χ2v) is 5.10. The standard InChI is InChI=1S/C12H17N5OS/c1-9-6-15-10(7-14-9)12(18)17-4-2-16(3-5-17)8-11(13)19/h6-7H,2-5,8H2,1H3,(H2,13,19). The van der Waals surface area contributed by atoms with Crippen molar-refractivity contribution in [1.29, 1.82) is 0 Å². The van der Waals surface area contributed by atoms with Crippen LogP contribution in [0.4, 0.5) is 0 Å². The summed E-state index contributed by atoms with van der Waals surface area (Å²) in [6.07, 6.45) is 3.13. The van der Waals surface area contributed by atoms with Gasteiger partial charge in [-0.05, 0) is 6.92 Å². The first kappa shape index (κ1) is 13.8. The van der Waals surface area contributed by atoms with Crippen molar-refractivity contribution in [2.75, 3.05) is 32.7 Å². The maximum absolute atomic E-state index is 12.2. The maximum Gasteiger partial charge on any atom is 0.274 e. The lowest BCUT2D eigenvalue weighted by Gasteiger charge is -2.34. The van der Waals surface area contributed by atoms with Gasteiger partial charge in [-0.15, -0.1) is 0 Å². The van der Waals surface area contributed by atoms with Crippen LogP contribution in [0, 0.1) is 6.92 Å². The fourth-order valence-electron chi connectivity index (χ4n) is 1.99. The van der Waals surface area contributed by atoms with E-state index < -0.39 is 0 Å². The number of hydrogen-bond donors (Lipinski definition) is 1. The molecule has 0 atom stereocenters. The van der Waals surface area contributed by atoms with Gasteiger partial charge < -0.3 is 10.6 Å². The third kappa shape index (κ3) is 3.68. The number of aryl methyl sites for hydroxylation is 1. The Morgan fingerprint density at radius 1 is 1.32 bits per heavy atom. The number of amides is 1. The summed E-state index contributed by atoms with van der Waals surface area (Å²) < 4.78 is 0. The molecule has 1 saturated heterocycles. The molecule has 1 aliphatic rings. The van der Waals surface area contributed by atoms with E-state index in [9.17, 15) is 4.79 Å². The van der Waals surface area contributed by atoms with E-state index in [0.717, 1.165) is 18.8 Å². The molecule has 0 radical (unpaired) electrons. The molecule has 0 aromatic carbocycles. The van der Waals surface area contributed by atoms with Crippen LogP contribution in [0.1, 0.15) is 16.2 Å². The van der Waals surface area contributed by atoms with Crippen molar-refractivity contribution in [3.63, 3.8) is 0 Å². The van der Waals surface area contributed by atoms with Crippen LogP contribution in [0.3, 0.4) is 0 Å². The SMILES string of the molecule is Cc1cnc(C(=O)N2CCN(CC(N)=S)CC2)cn1. The van der Waals surface area contributed by atoms with Crippen LogP contribution < -0.4 is 5.73 Å². The molecule has 1 aromatic heterocycles. The topological polar surface area (TPSA) is 75.4 Å². The highest BCUT2D eigenvalue weighted by Crippen LogP contribution is 2.06. The average Bonchev–Trinajstić information content (AvgIpc) is 2.39. The molecular weight excluding hydrogens is 262 g/mol. The minimum absolute atomic E-state index is 0.0672. The highest BCUT2D eigenvalue weighted by Gasteiger charge is 2.23. The number of thiocarbonyl (C=S) groups is 1. The lowest BCUT2D eigenvalue weighted by Crippen LogP contribution is -2.50. The lowest BCUT2D eigenvalue weighted by atomic mass is 10.2. The van der Waals surface area contributed by atoms with Crippen LogP contribution in [0.2, 0.25) is 0 Å². The molecule has 7 heteroatoms. The Morgan fingerprint density at radius 2 is 2.00 bits per heavy atom. The molecule has 1 aromatic rings. The molecule has 1 amide bonds. The van der Waals surface area contributed by atoms with Gasteiger partial charge in [0.1, 0.15) is 5.69 Å². The van der Waals surface area contributed by atoms with E-state index in [1.807, 2.05) is 6.92 Å². The molecule has 1 aliphatic heterocycles. The van der Waals surface area contributed by atoms with Gasteiger partial charge in [0.2, 0.25) is 0 Å². The summed E-state index contributed by atoms with van der Waals surface area (Å²) in [7, 11) is 0. The molecule has 19 heavy (non-hydrogen) atoms. The molecule has 6 nitrogen and oxygen atoms in total. The molecule has 0 saturated carbocycles. The van der Waals surface area contributed by atoms with Crippen LogP contribution in [0.15, 0.2) is 12.4 Å². The molecule has 0 unspecified atom stereocenters. The van der Waals surface area contributed by atoms with E-state index in [-0.39, 0.29) is 5.91 Å². The fourth-order valence-corrected chi connectivity index (χ4v) is 2.18. The second kappa shape index (κ2) is 6.03. The second-order valence-electron chi connectivity index (χ2n) is 4.58. The van der Waals surface area contributed by atoms with Crippen molar-refractivity contribution in [2.24, 2.45) is 5.73 Å². The molecule has 0 bridgehead atoms. The Bertz CT molecular complexity index is 468. The zero-order valence-electron chi connectivity index (χ0n) is 10.9. The van der Waals surface area contributed by atoms with Crippen LogP contribution in [0.5, 0.6) is 0 Å². The Hall–Kier alpha value is -1.60. The number of rotatable bonds is 3. The molecule has 2 heterocycles. The predicted octanol–water partition coefficient (Wildman–Crippen LogP) is -0.171. The molecule has 2 N–H and O–H groups in total. The van der Waals surface area contributed by atoms with Crippen molar-refractivity contribution in [1.82, 2.24) is 19.8 Å². The number of aromatic nitrogens is 2. The molecule has 2 rings (SSSR count). The highest BCUT2D eigenvalue weighted by atomic mass is 32.1. The minimum atomic E-state index is -0.0672. The van der Waals surface area contributed by atoms with Gasteiger partial charge in [-0.3, -0.25) is 14.7 Å². The number of nitrogens with zero attached hydrogens (tertiary/aromatic N) is 4. The van der Waals surface area contributed by atoms with E-state index in [2.05, 4.69) is 14.9 Å². The summed E-state index contributed by atoms with van der Waals surface area (Å²) >= 11 is 4.88. The van der Waals surface area contributed by atoms with Crippen LogP contribution >= 0.6 is 12.2 Å². The number of carbonyl (C=O) groups is 1. The highest BCUT2D eigenvalue weighted by molar-refractivity contribution is 7.80. The van der Waals surface area contributed by atoms with Gasteiger partial charge in [0, 0.05) is 38.9 Å². The summed E-state index contributed by atoms with van der Waals surface area (Å²) in [6, 6.07) is 0. The Morgan fingerprint density at radius 3 is 2.53 bits per heavy atom. The number of piperazine rings is 1. The third-order valence-corrected chi connectivity index (χ3v) is 3.17. The van der Waals surface area contributed by atoms with Gasteiger partial charge in [-0.2, -0.15) is 0 Å². The fraction of sp³-hybridized carbons (Fsp3) is 0.500. The van der Waals surface area contributed by atoms with Gasteiger partial charge in [-0.1, -0.05) is 12.2 Å². The van der Waals surface area contributed by atoms with Crippen molar-refractivity contribution in [2.45, 2.75) is 6.92 Å². The summed E-state index contributed by atoms with van der Waals surface area (Å²) in [5.41, 5.74) is 6.71. The monoisotopic (exact) mass is 279 g/mol. The Kier molecular flexibility index (Phi) is 4.39. The van der Waals surface area contributed by atoms with Crippen molar-refractivity contribution >= 4 is 23.1 Å². The maximum atomic E-state index is 12.2. The number of carbonyl (C=O) groups excluding carboxylic acids is 1. The predicted molar refractivity (Wildman–Crippen MR) is 75.9 cm³/mol. The van der Waals surface area contributed by atoms with E-state index in [1.165, 1.54) is 6.20 Å². The number of hydrogen-bond acceptors (Lipinski definition) is 5. The first-order valence-corrected chi connectivity index (χ1v) is 6.55. The van der Waals surface area contributed by atoms with E-state index in [1.54, 1.807) is 11.1 Å². The lowest BCUT2D eigenvalue weighted by molar-refractivity contribution is 0.0648. The summed E-state index contributed by atoms with van der Waals surface area (Å²) in [4.78, 5) is 24.8. The van der Waals surface area contributed by atoms with Crippen molar-refractivity contribution in [3.05, 3.63) is 23.8 Å². The van der Waals surface area contributed by atoms with Crippen molar-refractivity contribution < 1.29 is 4.79 Å². The Balaban J connectivity index is 1.92. The smallest absolute Gasteiger partial charge is 0.274 e. The van der Waals surface area contributed by atoms with E-state index >= 15 is 0 Å². The van der Waals surface area contributed by atoms with E-state index in [0.29, 0.717) is 30.3 Å². The van der Waals surface area contributed by atoms with Crippen LogP contribution in [-0.4, -0.2) is 63.4 Å². The normalized spacial score (nSPS) is 16.4. The molecular formula is C12H17N5OS. The average molecular weight is 279 g/mol. The third-order valence-electron chi connectivity index (χ3n) is 3.04. The summed E-state index contributed by atoms with van der Waals surface area (Å²) in [5.74, 6) is -0.0672. The summed E-state index contributed by atoms with van der Waals surface area (Å²) in [5, 5.41) is 0. The molecule has 0 spiro atoms. The van der Waals surface area contributed by atoms with Gasteiger partial charge in [0.15, 0.2) is 0 Å². The van der Waals surface area contributed by atoms with Gasteiger partial charge in [0.25, 0.3) is 5.91 Å². The summed E-state index contributed by atoms with van der Waals surface area (Å²) in [6.45, 7) is 5.34. The molecule has 102 valence electrons. The van der Waals surface area contributed by atoms with Crippen LogP contribution in [0.25, 0.3) is 0 Å². The molecule has 1 fully saturated rings. The quantitative estimate of drug-likeness (QED) is 0.774. The minimum Gasteiger partial charge on any atom is -0.392 e. The largest absolute Gasteiger partial charge is 0.392 e. The zero-order valence-corrected chi connectivity index (χ0v) is 11.7. The Labute approximate surface area is 117 Å². The van der Waals surface area contributed by atoms with Crippen LogP contribution in [-0.2, 0) is 0 Å². The molecule has 0 aliphatic carbocycles. The first-order valence-electron chi connectivity index (χ1n) is 6.15.